The lowest BCUT2D eigenvalue weighted by Gasteiger charge is -2.35. The van der Waals surface area contributed by atoms with Gasteiger partial charge in [-0.15, -0.1) is 0 Å². The summed E-state index contributed by atoms with van der Waals surface area (Å²) in [5.74, 6) is 2.62. The predicted octanol–water partition coefficient (Wildman–Crippen LogP) is 2.48. The van der Waals surface area contributed by atoms with Crippen LogP contribution in [-0.2, 0) is 0 Å². The van der Waals surface area contributed by atoms with Crippen LogP contribution in [-0.4, -0.2) is 30.6 Å². The van der Waals surface area contributed by atoms with Crippen LogP contribution in [0, 0.1) is 17.8 Å². The Labute approximate surface area is 101 Å². The van der Waals surface area contributed by atoms with Gasteiger partial charge in [-0.05, 0) is 50.0 Å². The number of hydrogen-bond acceptors (Lipinski definition) is 2. The Balaban J connectivity index is 1.80. The molecular weight excluding hydrogens is 196 g/mol. The van der Waals surface area contributed by atoms with Crippen LogP contribution in [0.4, 0.5) is 0 Å². The van der Waals surface area contributed by atoms with Gasteiger partial charge >= 0.3 is 0 Å². The molecule has 1 aliphatic carbocycles. The van der Waals surface area contributed by atoms with Crippen molar-refractivity contribution in [2.45, 2.75) is 52.0 Å². The highest BCUT2D eigenvalue weighted by Gasteiger charge is 2.29. The second-order valence-corrected chi connectivity index (χ2v) is 6.16. The minimum Gasteiger partial charge on any atom is -0.327 e. The van der Waals surface area contributed by atoms with E-state index in [2.05, 4.69) is 18.7 Å². The van der Waals surface area contributed by atoms with E-state index in [1.54, 1.807) is 0 Å². The van der Waals surface area contributed by atoms with Gasteiger partial charge in [-0.3, -0.25) is 0 Å². The first-order chi connectivity index (χ1) is 7.69. The van der Waals surface area contributed by atoms with Crippen LogP contribution < -0.4 is 5.73 Å². The van der Waals surface area contributed by atoms with Crippen LogP contribution >= 0.6 is 0 Å². The highest BCUT2D eigenvalue weighted by atomic mass is 15.1. The van der Waals surface area contributed by atoms with Crippen LogP contribution in [0.2, 0.25) is 0 Å². The Morgan fingerprint density at radius 3 is 2.75 bits per heavy atom. The standard InChI is InChI=1S/C14H28N2/c1-3-12-6-7-16(9-12)10-13-8-11(2)4-5-14(13)15/h11-14H,3-10,15H2,1-2H3. The summed E-state index contributed by atoms with van der Waals surface area (Å²) >= 11 is 0. The zero-order chi connectivity index (χ0) is 11.5. The summed E-state index contributed by atoms with van der Waals surface area (Å²) in [5, 5.41) is 0. The molecule has 1 aliphatic heterocycles. The fourth-order valence-electron chi connectivity index (χ4n) is 3.48. The second-order valence-electron chi connectivity index (χ2n) is 6.16. The van der Waals surface area contributed by atoms with Crippen molar-refractivity contribution in [1.29, 1.82) is 0 Å². The molecule has 0 bridgehead atoms. The molecule has 1 saturated carbocycles. The van der Waals surface area contributed by atoms with Crippen molar-refractivity contribution >= 4 is 0 Å². The SMILES string of the molecule is CCC1CCN(CC2CC(C)CCC2N)C1. The lowest BCUT2D eigenvalue weighted by molar-refractivity contribution is 0.177. The van der Waals surface area contributed by atoms with Crippen molar-refractivity contribution in [2.24, 2.45) is 23.5 Å². The first-order valence-electron chi connectivity index (χ1n) is 7.17. The molecule has 0 amide bonds. The largest absolute Gasteiger partial charge is 0.327 e. The predicted molar refractivity (Wildman–Crippen MR) is 69.3 cm³/mol. The molecule has 1 saturated heterocycles. The van der Waals surface area contributed by atoms with Crippen molar-refractivity contribution in [2.75, 3.05) is 19.6 Å². The van der Waals surface area contributed by atoms with Crippen molar-refractivity contribution in [3.63, 3.8) is 0 Å². The van der Waals surface area contributed by atoms with E-state index in [0.29, 0.717) is 6.04 Å². The molecule has 0 aromatic heterocycles. The molecule has 0 aromatic carbocycles. The van der Waals surface area contributed by atoms with Gasteiger partial charge in [-0.1, -0.05) is 20.3 Å². The van der Waals surface area contributed by atoms with Crippen molar-refractivity contribution < 1.29 is 0 Å². The summed E-state index contributed by atoms with van der Waals surface area (Å²) in [4.78, 5) is 2.66. The topological polar surface area (TPSA) is 29.3 Å². The first-order valence-corrected chi connectivity index (χ1v) is 7.17. The highest BCUT2D eigenvalue weighted by molar-refractivity contribution is 4.85. The van der Waals surface area contributed by atoms with E-state index in [4.69, 9.17) is 5.73 Å². The lowest BCUT2D eigenvalue weighted by Crippen LogP contribution is -2.42. The third-order valence-corrected chi connectivity index (χ3v) is 4.74. The Morgan fingerprint density at radius 1 is 1.25 bits per heavy atom. The van der Waals surface area contributed by atoms with Gasteiger partial charge in [-0.2, -0.15) is 0 Å². The molecule has 2 N–H and O–H groups in total. The summed E-state index contributed by atoms with van der Waals surface area (Å²) in [7, 11) is 0. The highest BCUT2D eigenvalue weighted by Crippen LogP contribution is 2.30. The number of rotatable bonds is 3. The van der Waals surface area contributed by atoms with Crippen molar-refractivity contribution in [3.05, 3.63) is 0 Å². The van der Waals surface area contributed by atoms with Gasteiger partial charge in [0.25, 0.3) is 0 Å². The summed E-state index contributed by atoms with van der Waals surface area (Å²) in [6, 6.07) is 0.469. The average Bonchev–Trinajstić information content (AvgIpc) is 2.71. The molecule has 0 radical (unpaired) electrons. The Hall–Kier alpha value is -0.0800. The van der Waals surface area contributed by atoms with E-state index in [1.807, 2.05) is 0 Å². The van der Waals surface area contributed by atoms with Gasteiger partial charge in [0.15, 0.2) is 0 Å². The maximum Gasteiger partial charge on any atom is 0.00795 e. The van der Waals surface area contributed by atoms with Gasteiger partial charge in [0, 0.05) is 19.1 Å². The fraction of sp³-hybridized carbons (Fsp3) is 1.00. The zero-order valence-electron chi connectivity index (χ0n) is 11.0. The molecule has 2 heteroatoms. The molecule has 0 spiro atoms. The molecule has 2 aliphatic rings. The van der Waals surface area contributed by atoms with Gasteiger partial charge in [0.05, 0.1) is 0 Å². The summed E-state index contributed by atoms with van der Waals surface area (Å²) in [5.41, 5.74) is 6.26. The number of nitrogens with zero attached hydrogens (tertiary/aromatic N) is 1. The first kappa shape index (κ1) is 12.4. The average molecular weight is 224 g/mol. The number of nitrogens with two attached hydrogens (primary N) is 1. The van der Waals surface area contributed by atoms with Gasteiger partial charge in [0.2, 0.25) is 0 Å². The van der Waals surface area contributed by atoms with Crippen molar-refractivity contribution in [3.8, 4) is 0 Å². The molecule has 2 fully saturated rings. The van der Waals surface area contributed by atoms with Crippen molar-refractivity contribution in [1.82, 2.24) is 4.90 Å². The third-order valence-electron chi connectivity index (χ3n) is 4.74. The van der Waals surface area contributed by atoms with Crippen LogP contribution in [0.25, 0.3) is 0 Å². The zero-order valence-corrected chi connectivity index (χ0v) is 11.0. The van der Waals surface area contributed by atoms with E-state index in [9.17, 15) is 0 Å². The number of likely N-dealkylation sites (tertiary alicyclic amines) is 1. The monoisotopic (exact) mass is 224 g/mol. The molecule has 4 atom stereocenters. The maximum atomic E-state index is 6.26. The van der Waals surface area contributed by atoms with E-state index in [-0.39, 0.29) is 0 Å². The van der Waals surface area contributed by atoms with E-state index in [0.717, 1.165) is 17.8 Å². The van der Waals surface area contributed by atoms with E-state index >= 15 is 0 Å². The Kier molecular flexibility index (Phi) is 4.26. The molecule has 94 valence electrons. The smallest absolute Gasteiger partial charge is 0.00795 e. The van der Waals surface area contributed by atoms with Crippen LogP contribution in [0.3, 0.4) is 0 Å². The lowest BCUT2D eigenvalue weighted by atomic mass is 9.79. The van der Waals surface area contributed by atoms with Crippen LogP contribution in [0.1, 0.15) is 46.0 Å². The summed E-state index contributed by atoms with van der Waals surface area (Å²) in [6.07, 6.45) is 6.71. The van der Waals surface area contributed by atoms with Gasteiger partial charge < -0.3 is 10.6 Å². The molecular formula is C14H28N2. The third kappa shape index (κ3) is 2.98. The minimum absolute atomic E-state index is 0.469. The van der Waals surface area contributed by atoms with Crippen LogP contribution in [0.15, 0.2) is 0 Å². The molecule has 4 unspecified atom stereocenters. The molecule has 1 heterocycles. The molecule has 0 aromatic rings. The Morgan fingerprint density at radius 2 is 2.06 bits per heavy atom. The molecule has 2 nitrogen and oxygen atoms in total. The summed E-state index contributed by atoms with van der Waals surface area (Å²) in [6.45, 7) is 8.62. The quantitative estimate of drug-likeness (QED) is 0.798. The van der Waals surface area contributed by atoms with Gasteiger partial charge in [-0.25, -0.2) is 0 Å². The number of hydrogen-bond donors (Lipinski definition) is 1. The van der Waals surface area contributed by atoms with E-state index in [1.165, 1.54) is 51.7 Å². The van der Waals surface area contributed by atoms with E-state index < -0.39 is 0 Å². The summed E-state index contributed by atoms with van der Waals surface area (Å²) < 4.78 is 0. The molecule has 16 heavy (non-hydrogen) atoms. The molecule has 2 rings (SSSR count). The minimum atomic E-state index is 0.469. The van der Waals surface area contributed by atoms with Gasteiger partial charge in [0.1, 0.15) is 0 Å². The van der Waals surface area contributed by atoms with Crippen LogP contribution in [0.5, 0.6) is 0 Å². The maximum absolute atomic E-state index is 6.26. The second kappa shape index (κ2) is 5.50. The Bertz CT molecular complexity index is 217. The normalized spacial score (nSPS) is 41.4. The fourth-order valence-corrected chi connectivity index (χ4v) is 3.48.